The topological polar surface area (TPSA) is 6.48 Å². The predicted molar refractivity (Wildman–Crippen MR) is 369 cm³/mol. The van der Waals surface area contributed by atoms with E-state index in [1.165, 1.54) is 115 Å². The maximum Gasteiger partial charge on any atom is 0.0756 e. The van der Waals surface area contributed by atoms with Gasteiger partial charge in [-0.3, -0.25) is 0 Å². The first-order chi connectivity index (χ1) is 43.2. The Balaban J connectivity index is 0.894. The Morgan fingerprint density at radius 3 is 1.10 bits per heavy atom. The second-order valence-corrected chi connectivity index (χ2v) is 26.2. The van der Waals surface area contributed by atoms with Crippen LogP contribution < -0.4 is 9.80 Å². The van der Waals surface area contributed by atoms with E-state index in [-0.39, 0.29) is 10.8 Å². The van der Waals surface area contributed by atoms with Crippen LogP contribution >= 0.6 is 11.8 Å². The molecule has 0 bridgehead atoms. The van der Waals surface area contributed by atoms with Crippen LogP contribution in [0, 0.1) is 0 Å². The molecule has 0 amide bonds. The summed E-state index contributed by atoms with van der Waals surface area (Å²) in [5.74, 6) is 0. The highest BCUT2D eigenvalue weighted by Crippen LogP contribution is 2.67. The van der Waals surface area contributed by atoms with Crippen molar-refractivity contribution in [1.29, 1.82) is 0 Å². The molecular formula is C85H62N2S. The first kappa shape index (κ1) is 52.2. The van der Waals surface area contributed by atoms with E-state index >= 15 is 0 Å². The SMILES string of the molecule is CC1(C)c2ccccc2-c2ccc(N(c3ccc(-c4ccccc4)cc3)c3ccc(-c4ccc(N(c5ccc(-c6ccccc6)cc5)c5ccc6c(c5)C(C)(C)c5ccccc5-6)c5c4-c4ccccc4C54c5ccccc5Sc5ccccc54)cc3)cc21. The molecule has 88 heavy (non-hydrogen) atoms. The van der Waals surface area contributed by atoms with Gasteiger partial charge in [0.25, 0.3) is 0 Å². The molecule has 0 fully saturated rings. The second kappa shape index (κ2) is 19.9. The van der Waals surface area contributed by atoms with Gasteiger partial charge in [0.15, 0.2) is 0 Å². The highest BCUT2D eigenvalue weighted by atomic mass is 32.2. The van der Waals surface area contributed by atoms with E-state index in [0.29, 0.717) is 0 Å². The zero-order valence-electron chi connectivity index (χ0n) is 49.7. The van der Waals surface area contributed by atoms with E-state index in [1.54, 1.807) is 0 Å². The van der Waals surface area contributed by atoms with Crippen molar-refractivity contribution >= 4 is 45.9 Å². The molecule has 4 aliphatic rings. The van der Waals surface area contributed by atoms with Gasteiger partial charge in [-0.15, -0.1) is 0 Å². The van der Waals surface area contributed by atoms with E-state index in [0.717, 1.165) is 39.7 Å². The molecule has 0 saturated heterocycles. The smallest absolute Gasteiger partial charge is 0.0756 e. The molecule has 0 unspecified atom stereocenters. The zero-order valence-corrected chi connectivity index (χ0v) is 50.5. The predicted octanol–water partition coefficient (Wildman–Crippen LogP) is 23.1. The van der Waals surface area contributed by atoms with Crippen LogP contribution in [0.1, 0.15) is 72.2 Å². The number of anilines is 6. The van der Waals surface area contributed by atoms with Crippen molar-refractivity contribution in [3.63, 3.8) is 0 Å². The minimum Gasteiger partial charge on any atom is -0.310 e. The van der Waals surface area contributed by atoms with Crippen molar-refractivity contribution in [2.45, 2.75) is 53.7 Å². The zero-order chi connectivity index (χ0) is 58.9. The van der Waals surface area contributed by atoms with Crippen molar-refractivity contribution in [2.75, 3.05) is 9.80 Å². The van der Waals surface area contributed by atoms with Gasteiger partial charge in [-0.1, -0.05) is 264 Å². The van der Waals surface area contributed by atoms with Crippen LogP contribution in [-0.2, 0) is 16.2 Å². The van der Waals surface area contributed by atoms with Crippen LogP contribution in [0.3, 0.4) is 0 Å². The molecule has 0 atom stereocenters. The Morgan fingerprint density at radius 2 is 0.602 bits per heavy atom. The van der Waals surface area contributed by atoms with Crippen molar-refractivity contribution in [2.24, 2.45) is 0 Å². The molecule has 0 radical (unpaired) electrons. The van der Waals surface area contributed by atoms with Crippen LogP contribution in [0.5, 0.6) is 0 Å². The highest BCUT2D eigenvalue weighted by Gasteiger charge is 2.53. The van der Waals surface area contributed by atoms with Gasteiger partial charge in [-0.05, 0) is 185 Å². The summed E-state index contributed by atoms with van der Waals surface area (Å²) in [7, 11) is 0. The van der Waals surface area contributed by atoms with Crippen molar-refractivity contribution in [3.05, 3.63) is 348 Å². The third-order valence-corrected chi connectivity index (χ3v) is 20.9. The van der Waals surface area contributed by atoms with Gasteiger partial charge in [0.1, 0.15) is 0 Å². The normalized spacial score (nSPS) is 14.4. The molecule has 0 saturated carbocycles. The summed E-state index contributed by atoms with van der Waals surface area (Å²) in [6, 6.07) is 114. The van der Waals surface area contributed by atoms with E-state index < -0.39 is 5.41 Å². The Kier molecular flexibility index (Phi) is 11.8. The summed E-state index contributed by atoms with van der Waals surface area (Å²) in [6.45, 7) is 9.53. The van der Waals surface area contributed by atoms with Gasteiger partial charge >= 0.3 is 0 Å². The summed E-state index contributed by atoms with van der Waals surface area (Å²) in [4.78, 5) is 7.57. The molecule has 13 aromatic rings. The van der Waals surface area contributed by atoms with E-state index in [9.17, 15) is 0 Å². The number of rotatable bonds is 9. The first-order valence-corrected chi connectivity index (χ1v) is 31.6. The fourth-order valence-electron chi connectivity index (χ4n) is 15.6. The van der Waals surface area contributed by atoms with Crippen molar-refractivity contribution in [1.82, 2.24) is 0 Å². The maximum absolute atomic E-state index is 2.58. The highest BCUT2D eigenvalue weighted by molar-refractivity contribution is 7.99. The van der Waals surface area contributed by atoms with Gasteiger partial charge in [-0.2, -0.15) is 0 Å². The third kappa shape index (κ3) is 7.76. The van der Waals surface area contributed by atoms with E-state index in [2.05, 4.69) is 341 Å². The summed E-state index contributed by atoms with van der Waals surface area (Å²) in [5.41, 5.74) is 31.1. The largest absolute Gasteiger partial charge is 0.310 e. The summed E-state index contributed by atoms with van der Waals surface area (Å²) in [6.07, 6.45) is 0. The minimum absolute atomic E-state index is 0.156. The van der Waals surface area contributed by atoms with Gasteiger partial charge in [-0.25, -0.2) is 0 Å². The molecule has 1 heterocycles. The Morgan fingerprint density at radius 1 is 0.250 bits per heavy atom. The number of hydrogen-bond acceptors (Lipinski definition) is 3. The molecule has 13 aromatic carbocycles. The fourth-order valence-corrected chi connectivity index (χ4v) is 16.8. The number of benzene rings is 13. The Labute approximate surface area is 520 Å². The lowest BCUT2D eigenvalue weighted by Crippen LogP contribution is -2.33. The quantitative estimate of drug-likeness (QED) is 0.142. The molecule has 17 rings (SSSR count). The first-order valence-electron chi connectivity index (χ1n) is 30.8. The molecule has 0 aromatic heterocycles. The molecule has 1 spiro atoms. The summed E-state index contributed by atoms with van der Waals surface area (Å²) >= 11 is 1.89. The van der Waals surface area contributed by atoms with Crippen LogP contribution in [0.4, 0.5) is 34.1 Å². The van der Waals surface area contributed by atoms with Gasteiger partial charge in [0.05, 0.1) is 11.1 Å². The molecule has 3 aliphatic carbocycles. The minimum atomic E-state index is -0.687. The standard InChI is InChI=1S/C85H62N2S/c1-83(2)71-28-14-11-25-66(71)68-49-47-63(53-76(68)83)86(60-41-35-57(36-42-60)55-21-7-5-8-22-55)61-45-39-59(40-46-61)65-51-52-78(82-81(65)70-27-13-16-30-73(70)85(82)74-31-17-19-33-79(74)88-80-34-20-18-32-75(80)85)87(62-43-37-58(38-44-62)56-23-9-6-10-24-56)64-48-50-69-67-26-12-15-29-72(67)84(3,4)77(69)54-64/h5-54H,1-4H3. The Bertz CT molecular complexity index is 4880. The molecular weight excluding hydrogens is 1080 g/mol. The van der Waals surface area contributed by atoms with Crippen LogP contribution in [-0.4, -0.2) is 0 Å². The van der Waals surface area contributed by atoms with Crippen LogP contribution in [0.15, 0.2) is 313 Å². The van der Waals surface area contributed by atoms with Gasteiger partial charge < -0.3 is 9.80 Å². The summed E-state index contributed by atoms with van der Waals surface area (Å²) < 4.78 is 0. The average molecular weight is 1140 g/mol. The maximum atomic E-state index is 2.58. The van der Waals surface area contributed by atoms with Crippen LogP contribution in [0.2, 0.25) is 0 Å². The number of hydrogen-bond donors (Lipinski definition) is 0. The lowest BCUT2D eigenvalue weighted by molar-refractivity contribution is 0.660. The molecule has 3 heteroatoms. The third-order valence-electron chi connectivity index (χ3n) is 19.8. The van der Waals surface area contributed by atoms with Crippen molar-refractivity contribution < 1.29 is 0 Å². The number of nitrogens with zero attached hydrogens (tertiary/aromatic N) is 2. The molecule has 2 nitrogen and oxygen atoms in total. The second-order valence-electron chi connectivity index (χ2n) is 25.1. The Hall–Kier alpha value is -10.2. The lowest BCUT2D eigenvalue weighted by atomic mass is 9.66. The van der Waals surface area contributed by atoms with Gasteiger partial charge in [0, 0.05) is 54.6 Å². The molecule has 1 aliphatic heterocycles. The molecule has 418 valence electrons. The van der Waals surface area contributed by atoms with Crippen molar-refractivity contribution in [3.8, 4) is 66.8 Å². The average Bonchev–Trinajstić information content (AvgIpc) is 1.47. The van der Waals surface area contributed by atoms with E-state index in [1.807, 2.05) is 11.8 Å². The number of fused-ring (bicyclic) bond motifs is 15. The fraction of sp³-hybridized carbons (Fsp3) is 0.0824. The molecule has 0 N–H and O–H groups in total. The monoisotopic (exact) mass is 1140 g/mol. The summed E-state index contributed by atoms with van der Waals surface area (Å²) in [5, 5.41) is 0. The van der Waals surface area contributed by atoms with E-state index in [4.69, 9.17) is 0 Å². The van der Waals surface area contributed by atoms with Crippen LogP contribution in [0.25, 0.3) is 66.8 Å². The lowest BCUT2D eigenvalue weighted by Gasteiger charge is -2.42. The van der Waals surface area contributed by atoms with Gasteiger partial charge in [0.2, 0.25) is 0 Å².